The fraction of sp³-hybridized carbons (Fsp3) is 0.500. The molecule has 0 spiro atoms. The van der Waals surface area contributed by atoms with Gasteiger partial charge in [0.1, 0.15) is 12.3 Å². The third-order valence-corrected chi connectivity index (χ3v) is 11.9. The zero-order valence-corrected chi connectivity index (χ0v) is 26.9. The fourth-order valence-corrected chi connectivity index (χ4v) is 9.31. The van der Waals surface area contributed by atoms with Crippen molar-refractivity contribution in [2.24, 2.45) is 5.92 Å². The third-order valence-electron chi connectivity index (χ3n) is 8.44. The second kappa shape index (κ2) is 14.4. The number of hydrogen-bond donors (Lipinski definition) is 2. The number of hydrogen-bond acceptors (Lipinski definition) is 5. The van der Waals surface area contributed by atoms with Crippen LogP contribution in [0.4, 0.5) is 37.7 Å². The molecule has 13 heteroatoms. The number of thioether (sulfide) groups is 1. The molecule has 2 N–H and O–H groups in total. The number of alkyl halides is 6. The molecule has 3 aromatic rings. The maximum atomic E-state index is 13.7. The van der Waals surface area contributed by atoms with Crippen LogP contribution in [-0.4, -0.2) is 73.0 Å². The summed E-state index contributed by atoms with van der Waals surface area (Å²) in [6, 6.07) is 12.9. The van der Waals surface area contributed by atoms with Gasteiger partial charge in [-0.2, -0.15) is 26.3 Å². The normalized spacial score (nSPS) is 20.1. The van der Waals surface area contributed by atoms with Crippen LogP contribution in [-0.2, 0) is 6.54 Å². The quantitative estimate of drug-likeness (QED) is 0.109. The van der Waals surface area contributed by atoms with E-state index in [2.05, 4.69) is 27.1 Å². The monoisotopic (exact) mass is 670 g/mol. The first kappa shape index (κ1) is 33.6. The Kier molecular flexibility index (Phi) is 10.7. The molecule has 244 valence electrons. The van der Waals surface area contributed by atoms with Crippen molar-refractivity contribution < 1.29 is 31.1 Å². The summed E-state index contributed by atoms with van der Waals surface area (Å²) in [5.41, 5.74) is 2.23. The predicted octanol–water partition coefficient (Wildman–Crippen LogP) is 8.64. The molecule has 0 saturated carbocycles. The van der Waals surface area contributed by atoms with Gasteiger partial charge in [0.25, 0.3) is 0 Å². The Morgan fingerprint density at radius 2 is 1.71 bits per heavy atom. The molecule has 2 aliphatic heterocycles. The number of nitrogens with one attached hydrogen (secondary N) is 2. The van der Waals surface area contributed by atoms with Crippen LogP contribution in [0.15, 0.2) is 47.4 Å². The Labute approximate surface area is 265 Å². The van der Waals surface area contributed by atoms with Crippen LogP contribution in [0.3, 0.4) is 0 Å². The fourth-order valence-electron chi connectivity index (χ4n) is 6.07. The molecule has 0 radical (unpaired) electrons. The Hall–Kier alpha value is -2.74. The summed E-state index contributed by atoms with van der Waals surface area (Å²) >= 11 is 1.59. The lowest BCUT2D eigenvalue weighted by Crippen LogP contribution is -2.38. The van der Waals surface area contributed by atoms with Crippen LogP contribution in [0, 0.1) is 17.8 Å². The SMILES string of the molecule is COc1cc(SC)ccc1NCC#Cc1cc2c(NC3CCP(N4CCC(C(F)(F)F)CC4)CC3)cccc2n1CC(F)(F)F. The van der Waals surface area contributed by atoms with Gasteiger partial charge >= 0.3 is 12.4 Å². The molecule has 5 nitrogen and oxygen atoms in total. The smallest absolute Gasteiger partial charge is 0.406 e. The van der Waals surface area contributed by atoms with Crippen molar-refractivity contribution >= 4 is 42.1 Å². The predicted molar refractivity (Wildman–Crippen MR) is 172 cm³/mol. The van der Waals surface area contributed by atoms with Gasteiger partial charge in [-0.1, -0.05) is 12.0 Å². The molecule has 0 amide bonds. The number of fused-ring (bicyclic) bond motifs is 1. The van der Waals surface area contributed by atoms with E-state index >= 15 is 0 Å². The molecule has 2 aromatic carbocycles. The largest absolute Gasteiger partial charge is 0.495 e. The van der Waals surface area contributed by atoms with Crippen molar-refractivity contribution in [2.45, 2.75) is 55.5 Å². The van der Waals surface area contributed by atoms with Crippen LogP contribution in [0.25, 0.3) is 10.9 Å². The van der Waals surface area contributed by atoms with Gasteiger partial charge in [0, 0.05) is 35.1 Å². The van der Waals surface area contributed by atoms with E-state index in [4.69, 9.17) is 4.74 Å². The molecule has 0 bridgehead atoms. The molecule has 5 rings (SSSR count). The molecule has 45 heavy (non-hydrogen) atoms. The maximum Gasteiger partial charge on any atom is 0.406 e. The summed E-state index contributed by atoms with van der Waals surface area (Å²) in [5, 5.41) is 7.42. The van der Waals surface area contributed by atoms with E-state index in [0.717, 1.165) is 41.4 Å². The lowest BCUT2D eigenvalue weighted by Gasteiger charge is -2.41. The molecular weight excluding hydrogens is 633 g/mol. The first-order chi connectivity index (χ1) is 21.4. The first-order valence-corrected chi connectivity index (χ1v) is 17.8. The summed E-state index contributed by atoms with van der Waals surface area (Å²) in [7, 11) is 1.11. The zero-order valence-electron chi connectivity index (χ0n) is 25.2. The average molecular weight is 671 g/mol. The molecule has 2 fully saturated rings. The standard InChI is InChI=1S/C32H37F6N4OPS/c1-43-30-20-25(45-2)8-9-28(30)39-14-4-5-24-19-26-27(6-3-7-29(26)42(24)21-31(33,34)35)40-23-12-17-44(18-13-23)41-15-10-22(11-16-41)32(36,37)38/h3,6-9,19-20,22-23,39-40H,10-18,21H2,1-2H3. The topological polar surface area (TPSA) is 41.5 Å². The van der Waals surface area contributed by atoms with Crippen LogP contribution >= 0.6 is 19.8 Å². The number of aromatic nitrogens is 1. The highest BCUT2D eigenvalue weighted by Crippen LogP contribution is 2.49. The Morgan fingerprint density at radius 1 is 0.978 bits per heavy atom. The van der Waals surface area contributed by atoms with E-state index in [9.17, 15) is 26.3 Å². The molecule has 1 aromatic heterocycles. The number of piperidine rings is 1. The van der Waals surface area contributed by atoms with Gasteiger partial charge in [-0.3, -0.25) is 4.67 Å². The van der Waals surface area contributed by atoms with Gasteiger partial charge in [0.15, 0.2) is 0 Å². The summed E-state index contributed by atoms with van der Waals surface area (Å²) in [5.74, 6) is 5.38. The minimum Gasteiger partial charge on any atom is -0.495 e. The second-order valence-electron chi connectivity index (χ2n) is 11.3. The van der Waals surface area contributed by atoms with Gasteiger partial charge in [0.2, 0.25) is 0 Å². The Bertz CT molecular complexity index is 1520. The number of nitrogens with zero attached hydrogens (tertiary/aromatic N) is 2. The summed E-state index contributed by atoms with van der Waals surface area (Å²) in [6.07, 6.45) is -2.63. The number of anilines is 2. The van der Waals surface area contributed by atoms with E-state index < -0.39 is 32.9 Å². The lowest BCUT2D eigenvalue weighted by atomic mass is 9.98. The van der Waals surface area contributed by atoms with E-state index in [1.807, 2.05) is 30.5 Å². The van der Waals surface area contributed by atoms with Crippen molar-refractivity contribution in [3.05, 3.63) is 48.2 Å². The highest BCUT2D eigenvalue weighted by atomic mass is 32.2. The second-order valence-corrected chi connectivity index (χ2v) is 14.7. The van der Waals surface area contributed by atoms with Gasteiger partial charge in [-0.05, 0) is 94.7 Å². The Balaban J connectivity index is 1.27. The third kappa shape index (κ3) is 8.55. The number of benzene rings is 2. The van der Waals surface area contributed by atoms with Crippen molar-refractivity contribution in [1.82, 2.24) is 9.24 Å². The minimum absolute atomic E-state index is 0.138. The highest BCUT2D eigenvalue weighted by Gasteiger charge is 2.42. The number of rotatable bonds is 8. The van der Waals surface area contributed by atoms with Crippen LogP contribution in [0.5, 0.6) is 5.75 Å². The van der Waals surface area contributed by atoms with Crippen LogP contribution in [0.1, 0.15) is 31.4 Å². The molecule has 2 saturated heterocycles. The zero-order chi connectivity index (χ0) is 32.2. The maximum absolute atomic E-state index is 13.7. The molecule has 0 atom stereocenters. The lowest BCUT2D eigenvalue weighted by molar-refractivity contribution is -0.182. The summed E-state index contributed by atoms with van der Waals surface area (Å²) in [4.78, 5) is 1.04. The molecule has 0 aliphatic carbocycles. The number of ether oxygens (including phenoxy) is 1. The first-order valence-electron chi connectivity index (χ1n) is 14.9. The van der Waals surface area contributed by atoms with Crippen molar-refractivity contribution in [3.63, 3.8) is 0 Å². The van der Waals surface area contributed by atoms with Crippen molar-refractivity contribution in [2.75, 3.05) is 56.0 Å². The van der Waals surface area contributed by atoms with E-state index in [-0.39, 0.29) is 31.1 Å². The highest BCUT2D eigenvalue weighted by molar-refractivity contribution is 7.98. The van der Waals surface area contributed by atoms with Crippen molar-refractivity contribution in [3.8, 4) is 17.6 Å². The molecule has 0 unspecified atom stereocenters. The molecule has 2 aliphatic rings. The van der Waals surface area contributed by atoms with Crippen LogP contribution in [0.2, 0.25) is 0 Å². The Morgan fingerprint density at radius 3 is 2.36 bits per heavy atom. The van der Waals surface area contributed by atoms with Crippen molar-refractivity contribution in [1.29, 1.82) is 0 Å². The van der Waals surface area contributed by atoms with Gasteiger partial charge < -0.3 is 19.9 Å². The van der Waals surface area contributed by atoms with E-state index in [0.29, 0.717) is 29.7 Å². The van der Waals surface area contributed by atoms with Gasteiger partial charge in [0.05, 0.1) is 36.5 Å². The summed E-state index contributed by atoms with van der Waals surface area (Å²) < 4.78 is 89.1. The molecular formula is C32H37F6N4OPS. The minimum atomic E-state index is -4.43. The average Bonchev–Trinajstić information content (AvgIpc) is 3.35. The number of methoxy groups -OCH3 is 1. The van der Waals surface area contributed by atoms with E-state index in [1.54, 1.807) is 37.1 Å². The van der Waals surface area contributed by atoms with Crippen LogP contribution < -0.4 is 15.4 Å². The van der Waals surface area contributed by atoms with Gasteiger partial charge in [-0.25, -0.2) is 0 Å². The van der Waals surface area contributed by atoms with Gasteiger partial charge in [-0.15, -0.1) is 11.8 Å². The molecule has 3 heterocycles. The van der Waals surface area contributed by atoms with E-state index in [1.165, 1.54) is 4.57 Å². The number of halogens is 6. The summed E-state index contributed by atoms with van der Waals surface area (Å²) in [6.45, 7) is 0.0566.